The number of aromatic nitrogens is 2. The van der Waals surface area contributed by atoms with Crippen LogP contribution >= 0.6 is 0 Å². The molecule has 6 heteroatoms. The summed E-state index contributed by atoms with van der Waals surface area (Å²) in [5, 5.41) is 0.877. The lowest BCUT2D eigenvalue weighted by Crippen LogP contribution is -2.22. The zero-order valence-electron chi connectivity index (χ0n) is 15.8. The van der Waals surface area contributed by atoms with Gasteiger partial charge in [-0.15, -0.1) is 0 Å². The van der Waals surface area contributed by atoms with Gasteiger partial charge in [0.05, 0.1) is 5.39 Å². The predicted molar refractivity (Wildman–Crippen MR) is 105 cm³/mol. The average molecular weight is 373 g/mol. The molecule has 0 amide bonds. The Morgan fingerprint density at radius 3 is 2.69 bits per heavy atom. The fraction of sp³-hybridized carbons (Fsp3) is 0.350. The van der Waals surface area contributed by atoms with E-state index < -0.39 is 8.07 Å². The normalized spacial score (nSPS) is 11.9. The van der Waals surface area contributed by atoms with Crippen molar-refractivity contribution in [3.63, 3.8) is 0 Å². The quantitative estimate of drug-likeness (QED) is 0.401. The van der Waals surface area contributed by atoms with Gasteiger partial charge in [0.15, 0.2) is 0 Å². The van der Waals surface area contributed by atoms with Crippen LogP contribution in [0.25, 0.3) is 11.0 Å². The van der Waals surface area contributed by atoms with Crippen LogP contribution in [0.2, 0.25) is 25.7 Å². The summed E-state index contributed by atoms with van der Waals surface area (Å²) in [5.41, 5.74) is 1.39. The van der Waals surface area contributed by atoms with Gasteiger partial charge in [0.25, 0.3) is 0 Å². The molecule has 26 heavy (non-hydrogen) atoms. The standard InChI is InChI=1S/C20H25FN2O2Si/c1-15-5-6-16(13-18(15)21)25-19-7-9-22-20-17(19)8-10-23(20)14-24-11-12-26(2,3)4/h5-10,13H,11-12,14H2,1-4H3. The Hall–Kier alpha value is -2.18. The highest BCUT2D eigenvalue weighted by Crippen LogP contribution is 2.30. The van der Waals surface area contributed by atoms with Crippen LogP contribution in [0.15, 0.2) is 42.7 Å². The van der Waals surface area contributed by atoms with Crippen LogP contribution in [0.5, 0.6) is 11.5 Å². The fourth-order valence-electron chi connectivity index (χ4n) is 2.56. The van der Waals surface area contributed by atoms with Crippen LogP contribution in [-0.4, -0.2) is 24.2 Å². The molecular formula is C20H25FN2O2Si. The lowest BCUT2D eigenvalue weighted by Gasteiger charge is -2.15. The third-order valence-electron chi connectivity index (χ3n) is 4.22. The third-order valence-corrected chi connectivity index (χ3v) is 5.92. The topological polar surface area (TPSA) is 36.3 Å². The number of nitrogens with zero attached hydrogens (tertiary/aromatic N) is 2. The number of benzene rings is 1. The summed E-state index contributed by atoms with van der Waals surface area (Å²) in [4.78, 5) is 4.44. The summed E-state index contributed by atoms with van der Waals surface area (Å²) in [5.74, 6) is 0.847. The summed E-state index contributed by atoms with van der Waals surface area (Å²) in [6, 6.07) is 9.74. The number of aryl methyl sites for hydroxylation is 1. The van der Waals surface area contributed by atoms with E-state index in [-0.39, 0.29) is 5.82 Å². The van der Waals surface area contributed by atoms with E-state index in [0.29, 0.717) is 23.8 Å². The molecule has 0 saturated heterocycles. The fourth-order valence-corrected chi connectivity index (χ4v) is 3.32. The minimum Gasteiger partial charge on any atom is -0.456 e. The summed E-state index contributed by atoms with van der Waals surface area (Å²) < 4.78 is 27.4. The van der Waals surface area contributed by atoms with Crippen molar-refractivity contribution in [1.29, 1.82) is 0 Å². The van der Waals surface area contributed by atoms with Gasteiger partial charge in [-0.3, -0.25) is 0 Å². The molecule has 4 nitrogen and oxygen atoms in total. The van der Waals surface area contributed by atoms with E-state index >= 15 is 0 Å². The maximum Gasteiger partial charge on any atom is 0.145 e. The average Bonchev–Trinajstić information content (AvgIpc) is 2.98. The van der Waals surface area contributed by atoms with E-state index in [4.69, 9.17) is 9.47 Å². The van der Waals surface area contributed by atoms with Gasteiger partial charge in [0.2, 0.25) is 0 Å². The van der Waals surface area contributed by atoms with Gasteiger partial charge >= 0.3 is 0 Å². The van der Waals surface area contributed by atoms with Crippen molar-refractivity contribution >= 4 is 19.1 Å². The number of halogens is 1. The van der Waals surface area contributed by atoms with Crippen molar-refractivity contribution in [2.45, 2.75) is 39.3 Å². The van der Waals surface area contributed by atoms with Crippen molar-refractivity contribution in [2.75, 3.05) is 6.61 Å². The second-order valence-electron chi connectivity index (χ2n) is 7.69. The molecule has 0 unspecified atom stereocenters. The van der Waals surface area contributed by atoms with E-state index in [2.05, 4.69) is 24.6 Å². The maximum atomic E-state index is 13.7. The summed E-state index contributed by atoms with van der Waals surface area (Å²) in [6.07, 6.45) is 3.63. The SMILES string of the molecule is Cc1ccc(Oc2ccnc3c2ccn3COCC[Si](C)(C)C)cc1F. The van der Waals surface area contributed by atoms with Crippen molar-refractivity contribution in [3.05, 3.63) is 54.1 Å². The van der Waals surface area contributed by atoms with Crippen LogP contribution < -0.4 is 4.74 Å². The molecule has 0 aliphatic carbocycles. The molecule has 2 heterocycles. The first kappa shape index (κ1) is 18.6. The monoisotopic (exact) mass is 372 g/mol. The molecule has 138 valence electrons. The summed E-state index contributed by atoms with van der Waals surface area (Å²) in [7, 11) is -1.09. The lowest BCUT2D eigenvalue weighted by atomic mass is 10.2. The first-order valence-electron chi connectivity index (χ1n) is 8.79. The Balaban J connectivity index is 1.74. The summed E-state index contributed by atoms with van der Waals surface area (Å²) >= 11 is 0. The van der Waals surface area contributed by atoms with Crippen LogP contribution in [0.4, 0.5) is 4.39 Å². The van der Waals surface area contributed by atoms with Gasteiger partial charge in [0, 0.05) is 33.1 Å². The van der Waals surface area contributed by atoms with Gasteiger partial charge < -0.3 is 14.0 Å². The second kappa shape index (κ2) is 7.59. The van der Waals surface area contributed by atoms with Crippen LogP contribution in [0, 0.1) is 12.7 Å². The zero-order chi connectivity index (χ0) is 18.7. The Morgan fingerprint density at radius 2 is 1.96 bits per heavy atom. The Bertz CT molecular complexity index is 902. The molecule has 0 bridgehead atoms. The molecule has 3 rings (SSSR count). The number of ether oxygens (including phenoxy) is 2. The van der Waals surface area contributed by atoms with Gasteiger partial charge in [-0.1, -0.05) is 25.7 Å². The maximum absolute atomic E-state index is 13.7. The zero-order valence-corrected chi connectivity index (χ0v) is 16.8. The Kier molecular flexibility index (Phi) is 5.43. The highest BCUT2D eigenvalue weighted by atomic mass is 28.3. The molecule has 2 aromatic heterocycles. The minimum atomic E-state index is -1.09. The molecule has 0 aliphatic rings. The Morgan fingerprint density at radius 1 is 1.15 bits per heavy atom. The van der Waals surface area contributed by atoms with Crippen LogP contribution in [-0.2, 0) is 11.5 Å². The van der Waals surface area contributed by atoms with Gasteiger partial charge in [-0.05, 0) is 36.7 Å². The molecule has 0 aliphatic heterocycles. The molecule has 0 N–H and O–H groups in total. The molecule has 0 radical (unpaired) electrons. The number of hydrogen-bond acceptors (Lipinski definition) is 3. The van der Waals surface area contributed by atoms with Crippen molar-refractivity contribution < 1.29 is 13.9 Å². The molecule has 1 aromatic carbocycles. The third kappa shape index (κ3) is 4.50. The molecule has 0 spiro atoms. The van der Waals surface area contributed by atoms with Crippen LogP contribution in [0.1, 0.15) is 5.56 Å². The van der Waals surface area contributed by atoms with Gasteiger partial charge in [-0.2, -0.15) is 0 Å². The molecular weight excluding hydrogens is 347 g/mol. The smallest absolute Gasteiger partial charge is 0.145 e. The molecule has 3 aromatic rings. The van der Waals surface area contributed by atoms with Crippen molar-refractivity contribution in [2.24, 2.45) is 0 Å². The first-order chi connectivity index (χ1) is 12.3. The van der Waals surface area contributed by atoms with Crippen molar-refractivity contribution in [1.82, 2.24) is 9.55 Å². The van der Waals surface area contributed by atoms with E-state index in [1.807, 2.05) is 16.8 Å². The highest BCUT2D eigenvalue weighted by Gasteiger charge is 2.13. The van der Waals surface area contributed by atoms with E-state index in [9.17, 15) is 4.39 Å². The van der Waals surface area contributed by atoms with Gasteiger partial charge in [0.1, 0.15) is 29.7 Å². The number of hydrogen-bond donors (Lipinski definition) is 0. The molecule has 0 atom stereocenters. The second-order valence-corrected chi connectivity index (χ2v) is 13.3. The number of pyridine rings is 1. The molecule has 0 fully saturated rings. The summed E-state index contributed by atoms with van der Waals surface area (Å²) in [6.45, 7) is 9.95. The first-order valence-corrected chi connectivity index (χ1v) is 12.5. The highest BCUT2D eigenvalue weighted by molar-refractivity contribution is 6.76. The predicted octanol–water partition coefficient (Wildman–Crippen LogP) is 5.59. The van der Waals surface area contributed by atoms with Crippen molar-refractivity contribution in [3.8, 4) is 11.5 Å². The van der Waals surface area contributed by atoms with E-state index in [1.165, 1.54) is 6.07 Å². The number of rotatable bonds is 7. The number of fused-ring (bicyclic) bond motifs is 1. The van der Waals surface area contributed by atoms with Crippen LogP contribution in [0.3, 0.4) is 0 Å². The molecule has 0 saturated carbocycles. The van der Waals surface area contributed by atoms with E-state index in [1.54, 1.807) is 31.3 Å². The van der Waals surface area contributed by atoms with Gasteiger partial charge in [-0.25, -0.2) is 9.37 Å². The largest absolute Gasteiger partial charge is 0.456 e. The van der Waals surface area contributed by atoms with E-state index in [0.717, 1.165) is 23.7 Å². The minimum absolute atomic E-state index is 0.277. The Labute approximate surface area is 154 Å². The lowest BCUT2D eigenvalue weighted by molar-refractivity contribution is 0.0899.